The van der Waals surface area contributed by atoms with Crippen molar-refractivity contribution in [2.75, 3.05) is 0 Å². The van der Waals surface area contributed by atoms with Crippen LogP contribution in [0.15, 0.2) is 12.4 Å². The molecule has 1 unspecified atom stereocenters. The Hall–Kier alpha value is -0.480. The van der Waals surface area contributed by atoms with Gasteiger partial charge >= 0.3 is 0 Å². The number of hydrogen-bond donors (Lipinski definition) is 2. The number of rotatable bonds is 0. The highest BCUT2D eigenvalue weighted by Gasteiger charge is 2.15. The van der Waals surface area contributed by atoms with Crippen LogP contribution in [-0.4, -0.2) is 14.1 Å². The molecule has 0 spiro atoms. The number of hydrogen-bond acceptors (Lipinski definition) is 2. The van der Waals surface area contributed by atoms with Gasteiger partial charge in [0.25, 0.3) is 0 Å². The Labute approximate surface area is 55.9 Å². The molecule has 0 fully saturated rings. The van der Waals surface area contributed by atoms with Crippen LogP contribution in [0.2, 0.25) is 0 Å². The van der Waals surface area contributed by atoms with E-state index in [4.69, 9.17) is 4.55 Å². The van der Waals surface area contributed by atoms with Crippen molar-refractivity contribution in [2.24, 2.45) is 0 Å². The van der Waals surface area contributed by atoms with Crippen LogP contribution in [-0.2, 0) is 11.6 Å². The Bertz CT molecular complexity index is 202. The summed E-state index contributed by atoms with van der Waals surface area (Å²) >= 11 is -0.754. The van der Waals surface area contributed by atoms with Crippen LogP contribution in [0.4, 0.5) is 0 Å². The Morgan fingerprint density at radius 1 is 1.78 bits per heavy atom. The summed E-state index contributed by atoms with van der Waals surface area (Å²) in [6.45, 7) is 0. The van der Waals surface area contributed by atoms with Gasteiger partial charge in [0.2, 0.25) is 0 Å². The number of aromatic nitrogens is 2. The van der Waals surface area contributed by atoms with Crippen LogP contribution < -0.4 is 0 Å². The van der Waals surface area contributed by atoms with Gasteiger partial charge in [-0.2, -0.15) is 0 Å². The molecule has 1 aliphatic rings. The number of nitrogens with zero attached hydrogens (tertiary/aromatic N) is 2. The van der Waals surface area contributed by atoms with Crippen molar-refractivity contribution in [3.8, 4) is 0 Å². The van der Waals surface area contributed by atoms with E-state index in [0.29, 0.717) is 0 Å². The van der Waals surface area contributed by atoms with E-state index in [1.165, 1.54) is 0 Å². The second-order valence-electron chi connectivity index (χ2n) is 2.12. The van der Waals surface area contributed by atoms with E-state index >= 15 is 0 Å². The third-order valence-electron chi connectivity index (χ3n) is 1.44. The van der Waals surface area contributed by atoms with Crippen molar-refractivity contribution in [1.82, 2.24) is 9.55 Å². The second-order valence-corrected chi connectivity index (χ2v) is 3.73. The lowest BCUT2D eigenvalue weighted by Gasteiger charge is -2.00. The normalized spacial score (nSPS) is 28.3. The summed E-state index contributed by atoms with van der Waals surface area (Å²) in [7, 11) is 0. The summed E-state index contributed by atoms with van der Waals surface area (Å²) in [6.07, 6.45) is 3.69. The first kappa shape index (κ1) is 5.32. The minimum atomic E-state index is -0.754. The fourth-order valence-electron chi connectivity index (χ4n) is 1.01. The van der Waals surface area contributed by atoms with Gasteiger partial charge in [-0.1, -0.05) is 0 Å². The molecule has 2 heterocycles. The van der Waals surface area contributed by atoms with Crippen molar-refractivity contribution in [2.45, 2.75) is 11.6 Å². The minimum Gasteiger partial charge on any atom is -0.352 e. The first-order chi connectivity index (χ1) is 4.36. The average molecular weight is 144 g/mol. The van der Waals surface area contributed by atoms with Crippen LogP contribution >= 0.6 is 11.2 Å². The van der Waals surface area contributed by atoms with Gasteiger partial charge in [0.05, 0.1) is 11.6 Å². The molecule has 3 nitrogen and oxygen atoms in total. The molecule has 9 heavy (non-hydrogen) atoms. The Morgan fingerprint density at radius 3 is 3.44 bits per heavy atom. The van der Waals surface area contributed by atoms with Gasteiger partial charge in [-0.3, -0.25) is 0 Å². The smallest absolute Gasteiger partial charge is 0.119 e. The van der Waals surface area contributed by atoms with E-state index in [2.05, 4.69) is 4.98 Å². The van der Waals surface area contributed by atoms with Crippen LogP contribution in [0.1, 0.15) is 5.82 Å². The van der Waals surface area contributed by atoms with E-state index in [9.17, 15) is 0 Å². The molecular weight excluding hydrogens is 136 g/mol. The SMILES string of the molecule is O[SH]1Cc2nccn2C1. The van der Waals surface area contributed by atoms with Gasteiger partial charge in [-0.15, -0.1) is 11.2 Å². The van der Waals surface area contributed by atoms with Gasteiger partial charge in [-0.25, -0.2) is 4.98 Å². The van der Waals surface area contributed by atoms with Crippen LogP contribution in [0.5, 0.6) is 0 Å². The summed E-state index contributed by atoms with van der Waals surface area (Å²) < 4.78 is 11.1. The largest absolute Gasteiger partial charge is 0.352 e. The van der Waals surface area contributed by atoms with Crippen LogP contribution in [0.3, 0.4) is 0 Å². The molecule has 0 aliphatic carbocycles. The molecule has 4 heteroatoms. The summed E-state index contributed by atoms with van der Waals surface area (Å²) in [5.74, 6) is 2.59. The molecule has 0 saturated carbocycles. The van der Waals surface area contributed by atoms with E-state index < -0.39 is 11.2 Å². The fraction of sp³-hybridized carbons (Fsp3) is 0.400. The van der Waals surface area contributed by atoms with Crippen molar-refractivity contribution in [3.63, 3.8) is 0 Å². The Kier molecular flexibility index (Phi) is 1.03. The lowest BCUT2D eigenvalue weighted by atomic mass is 10.7. The molecule has 0 aromatic carbocycles. The van der Waals surface area contributed by atoms with Crippen molar-refractivity contribution >= 4 is 11.2 Å². The third-order valence-corrected chi connectivity index (χ3v) is 2.72. The van der Waals surface area contributed by atoms with Gasteiger partial charge in [0.1, 0.15) is 5.82 Å². The van der Waals surface area contributed by atoms with Gasteiger partial charge in [-0.05, 0) is 0 Å². The zero-order valence-electron chi connectivity index (χ0n) is 4.86. The highest BCUT2D eigenvalue weighted by atomic mass is 32.2. The minimum absolute atomic E-state index is 0.754. The molecule has 0 amide bonds. The zero-order valence-corrected chi connectivity index (χ0v) is 5.75. The van der Waals surface area contributed by atoms with Gasteiger partial charge in [0.15, 0.2) is 0 Å². The van der Waals surface area contributed by atoms with Gasteiger partial charge < -0.3 is 9.12 Å². The standard InChI is InChI=1S/C5H8N2OS/c8-9-3-5-6-1-2-7(5)4-9/h1-2,8-9H,3-4H2. The third kappa shape index (κ3) is 0.746. The molecular formula is C5H8N2OS. The average Bonchev–Trinajstić information content (AvgIpc) is 2.22. The Morgan fingerprint density at radius 2 is 2.67 bits per heavy atom. The maximum atomic E-state index is 9.14. The number of thiol groups is 1. The summed E-state index contributed by atoms with van der Waals surface area (Å²) in [5.41, 5.74) is 0. The highest BCUT2D eigenvalue weighted by molar-refractivity contribution is 8.10. The molecule has 1 aromatic rings. The molecule has 2 rings (SSSR count). The topological polar surface area (TPSA) is 38.1 Å². The van der Waals surface area contributed by atoms with E-state index in [0.717, 1.165) is 17.5 Å². The molecule has 1 atom stereocenters. The summed E-state index contributed by atoms with van der Waals surface area (Å²) in [5, 5.41) is 0. The number of imidazole rings is 1. The maximum absolute atomic E-state index is 9.14. The van der Waals surface area contributed by atoms with Crippen molar-refractivity contribution in [3.05, 3.63) is 18.2 Å². The monoisotopic (exact) mass is 144 g/mol. The molecule has 1 aliphatic heterocycles. The summed E-state index contributed by atoms with van der Waals surface area (Å²) in [4.78, 5) is 4.07. The second kappa shape index (κ2) is 1.75. The van der Waals surface area contributed by atoms with Gasteiger partial charge in [0, 0.05) is 12.4 Å². The highest BCUT2D eigenvalue weighted by Crippen LogP contribution is 2.33. The lowest BCUT2D eigenvalue weighted by molar-refractivity contribution is 0.641. The molecule has 1 aromatic heterocycles. The van der Waals surface area contributed by atoms with E-state index in [-0.39, 0.29) is 0 Å². The molecule has 0 bridgehead atoms. The first-order valence-electron chi connectivity index (χ1n) is 2.80. The van der Waals surface area contributed by atoms with E-state index in [1.807, 2.05) is 10.8 Å². The molecule has 1 N–H and O–H groups in total. The molecule has 0 radical (unpaired) electrons. The fourth-order valence-corrected chi connectivity index (χ4v) is 2.31. The Balaban J connectivity index is 2.39. The lowest BCUT2D eigenvalue weighted by Crippen LogP contribution is -1.87. The predicted octanol–water partition coefficient (Wildman–Crippen LogP) is 0.828. The van der Waals surface area contributed by atoms with Crippen molar-refractivity contribution in [1.29, 1.82) is 0 Å². The van der Waals surface area contributed by atoms with Crippen molar-refractivity contribution < 1.29 is 4.55 Å². The van der Waals surface area contributed by atoms with E-state index in [1.54, 1.807) is 6.20 Å². The molecule has 0 saturated heterocycles. The quantitative estimate of drug-likeness (QED) is 0.529. The summed E-state index contributed by atoms with van der Waals surface area (Å²) in [6, 6.07) is 0. The van der Waals surface area contributed by atoms with Crippen LogP contribution in [0, 0.1) is 0 Å². The van der Waals surface area contributed by atoms with Crippen LogP contribution in [0.25, 0.3) is 0 Å². The number of fused-ring (bicyclic) bond motifs is 1. The zero-order chi connectivity index (χ0) is 6.27. The maximum Gasteiger partial charge on any atom is 0.119 e. The predicted molar refractivity (Wildman–Crippen MR) is 37.5 cm³/mol. The molecule has 50 valence electrons. The first-order valence-corrected chi connectivity index (χ1v) is 4.46.